The first-order valence-corrected chi connectivity index (χ1v) is 4.48. The van der Waals surface area contributed by atoms with Gasteiger partial charge in [-0.3, -0.25) is 4.79 Å². The van der Waals surface area contributed by atoms with E-state index in [9.17, 15) is 4.79 Å². The number of fused-ring (bicyclic) bond motifs is 1. The lowest BCUT2D eigenvalue weighted by atomic mass is 10.2. The molecule has 0 aliphatic rings. The Balaban J connectivity index is 2.96. The molecule has 1 aromatic carbocycles. The van der Waals surface area contributed by atoms with E-state index in [1.54, 1.807) is 6.07 Å². The lowest BCUT2D eigenvalue weighted by Gasteiger charge is -1.94. The summed E-state index contributed by atoms with van der Waals surface area (Å²) in [5.74, 6) is 0. The molecule has 4 heteroatoms. The van der Waals surface area contributed by atoms with Crippen molar-refractivity contribution in [3.63, 3.8) is 0 Å². The molecular weight excluding hydrogens is 267 g/mol. The van der Waals surface area contributed by atoms with Gasteiger partial charge in [0.25, 0.3) is 5.56 Å². The van der Waals surface area contributed by atoms with Gasteiger partial charge < -0.3 is 4.98 Å². The Morgan fingerprint density at radius 1 is 1.42 bits per heavy atom. The summed E-state index contributed by atoms with van der Waals surface area (Å²) in [6, 6.07) is 5.55. The van der Waals surface area contributed by atoms with Gasteiger partial charge in [0.2, 0.25) is 0 Å². The third kappa shape index (κ3) is 1.22. The minimum atomic E-state index is -0.0867. The van der Waals surface area contributed by atoms with Crippen molar-refractivity contribution in [2.75, 3.05) is 0 Å². The predicted molar refractivity (Wildman–Crippen MR) is 55.1 cm³/mol. The Bertz CT molecular complexity index is 478. The minimum Gasteiger partial charge on any atom is -0.313 e. The van der Waals surface area contributed by atoms with Gasteiger partial charge in [-0.1, -0.05) is 0 Å². The number of hydrogen-bond acceptors (Lipinski definition) is 2. The van der Waals surface area contributed by atoms with Crippen LogP contribution in [0.4, 0.5) is 0 Å². The second-order valence-electron chi connectivity index (χ2n) is 2.39. The number of benzene rings is 1. The average Bonchev–Trinajstić information content (AvgIpc) is 2.04. The summed E-state index contributed by atoms with van der Waals surface area (Å²) in [5.41, 5.74) is 0.655. The van der Waals surface area contributed by atoms with Crippen LogP contribution in [-0.4, -0.2) is 9.97 Å². The highest BCUT2D eigenvalue weighted by Gasteiger charge is 1.97. The van der Waals surface area contributed by atoms with Crippen molar-refractivity contribution in [1.29, 1.82) is 0 Å². The van der Waals surface area contributed by atoms with Gasteiger partial charge in [-0.25, -0.2) is 4.98 Å². The molecule has 3 nitrogen and oxygen atoms in total. The van der Waals surface area contributed by atoms with E-state index in [4.69, 9.17) is 0 Å². The van der Waals surface area contributed by atoms with Crippen LogP contribution in [0.5, 0.6) is 0 Å². The second kappa shape index (κ2) is 2.85. The number of aromatic nitrogens is 2. The van der Waals surface area contributed by atoms with Crippen molar-refractivity contribution in [1.82, 2.24) is 9.97 Å². The summed E-state index contributed by atoms with van der Waals surface area (Å²) in [6.45, 7) is 0. The predicted octanol–water partition coefficient (Wildman–Crippen LogP) is 1.53. The largest absolute Gasteiger partial charge is 0.313 e. The molecule has 1 aromatic heterocycles. The zero-order valence-corrected chi connectivity index (χ0v) is 8.20. The van der Waals surface area contributed by atoms with Gasteiger partial charge in [0.15, 0.2) is 0 Å². The summed E-state index contributed by atoms with van der Waals surface area (Å²) in [5, 5.41) is 0.637. The zero-order valence-electron chi connectivity index (χ0n) is 6.04. The number of halogens is 1. The van der Waals surface area contributed by atoms with E-state index in [0.717, 1.165) is 9.09 Å². The molecule has 2 aromatic rings. The molecule has 0 fully saturated rings. The van der Waals surface area contributed by atoms with Crippen LogP contribution in [0.1, 0.15) is 0 Å². The second-order valence-corrected chi connectivity index (χ2v) is 3.64. The first kappa shape index (κ1) is 7.72. The summed E-state index contributed by atoms with van der Waals surface area (Å²) < 4.78 is 1.08. The van der Waals surface area contributed by atoms with Crippen LogP contribution in [0.15, 0.2) is 29.3 Å². The highest BCUT2D eigenvalue weighted by molar-refractivity contribution is 14.1. The van der Waals surface area contributed by atoms with Crippen LogP contribution in [-0.2, 0) is 0 Å². The van der Waals surface area contributed by atoms with Gasteiger partial charge in [0, 0.05) is 3.57 Å². The lowest BCUT2D eigenvalue weighted by Crippen LogP contribution is -2.05. The van der Waals surface area contributed by atoms with E-state index in [1.165, 1.54) is 6.33 Å². The fourth-order valence-corrected chi connectivity index (χ4v) is 1.52. The SMILES string of the molecule is O=c1[nH]cnc2cc(I)ccc12. The van der Waals surface area contributed by atoms with Gasteiger partial charge in [-0.05, 0) is 40.8 Å². The molecular formula is C8H5IN2O. The Labute approximate surface area is 82.0 Å². The molecule has 1 N–H and O–H groups in total. The van der Waals surface area contributed by atoms with Crippen LogP contribution in [0.25, 0.3) is 10.9 Å². The molecule has 12 heavy (non-hydrogen) atoms. The molecule has 1 heterocycles. The highest BCUT2D eigenvalue weighted by Crippen LogP contribution is 2.10. The van der Waals surface area contributed by atoms with Crippen LogP contribution in [0, 0.1) is 3.57 Å². The maximum atomic E-state index is 11.2. The van der Waals surface area contributed by atoms with Crippen molar-refractivity contribution >= 4 is 33.5 Å². The summed E-state index contributed by atoms with van der Waals surface area (Å²) in [7, 11) is 0. The minimum absolute atomic E-state index is 0.0867. The van der Waals surface area contributed by atoms with E-state index >= 15 is 0 Å². The average molecular weight is 272 g/mol. The Hall–Kier alpha value is -0.910. The molecule has 0 saturated heterocycles. The van der Waals surface area contributed by atoms with E-state index in [-0.39, 0.29) is 5.56 Å². The maximum absolute atomic E-state index is 11.2. The Morgan fingerprint density at radius 3 is 3.08 bits per heavy atom. The third-order valence-electron chi connectivity index (χ3n) is 1.60. The summed E-state index contributed by atoms with van der Waals surface area (Å²) in [4.78, 5) is 17.8. The highest BCUT2D eigenvalue weighted by atomic mass is 127. The molecule has 0 saturated carbocycles. The number of H-pyrrole nitrogens is 1. The van der Waals surface area contributed by atoms with Gasteiger partial charge in [-0.2, -0.15) is 0 Å². The van der Waals surface area contributed by atoms with Gasteiger partial charge in [0.1, 0.15) is 0 Å². The van der Waals surface area contributed by atoms with Crippen molar-refractivity contribution in [3.05, 3.63) is 38.5 Å². The maximum Gasteiger partial charge on any atom is 0.258 e. The summed E-state index contributed by atoms with van der Waals surface area (Å²) in [6.07, 6.45) is 1.42. The van der Waals surface area contributed by atoms with Crippen LogP contribution in [0.3, 0.4) is 0 Å². The van der Waals surface area contributed by atoms with Crippen LogP contribution < -0.4 is 5.56 Å². The van der Waals surface area contributed by atoms with E-state index < -0.39 is 0 Å². The molecule has 0 bridgehead atoms. The van der Waals surface area contributed by atoms with Gasteiger partial charge in [-0.15, -0.1) is 0 Å². The monoisotopic (exact) mass is 272 g/mol. The lowest BCUT2D eigenvalue weighted by molar-refractivity contribution is 1.17. The van der Waals surface area contributed by atoms with Crippen molar-refractivity contribution in [3.8, 4) is 0 Å². The number of nitrogens with zero attached hydrogens (tertiary/aromatic N) is 1. The van der Waals surface area contributed by atoms with Crippen molar-refractivity contribution < 1.29 is 0 Å². The first-order chi connectivity index (χ1) is 5.77. The van der Waals surface area contributed by atoms with Crippen molar-refractivity contribution in [2.24, 2.45) is 0 Å². The zero-order chi connectivity index (χ0) is 8.55. The van der Waals surface area contributed by atoms with Gasteiger partial charge in [0.05, 0.1) is 17.2 Å². The Morgan fingerprint density at radius 2 is 2.25 bits per heavy atom. The fourth-order valence-electron chi connectivity index (χ4n) is 1.04. The number of hydrogen-bond donors (Lipinski definition) is 1. The first-order valence-electron chi connectivity index (χ1n) is 3.40. The molecule has 0 spiro atoms. The topological polar surface area (TPSA) is 45.8 Å². The third-order valence-corrected chi connectivity index (χ3v) is 2.27. The quantitative estimate of drug-likeness (QED) is 0.739. The number of aromatic amines is 1. The van der Waals surface area contributed by atoms with E-state index in [2.05, 4.69) is 32.6 Å². The van der Waals surface area contributed by atoms with Crippen LogP contribution in [0.2, 0.25) is 0 Å². The molecule has 0 amide bonds. The summed E-state index contributed by atoms with van der Waals surface area (Å²) >= 11 is 2.19. The normalized spacial score (nSPS) is 10.4. The van der Waals surface area contributed by atoms with E-state index in [0.29, 0.717) is 5.39 Å². The molecule has 60 valence electrons. The molecule has 0 aliphatic heterocycles. The number of nitrogens with one attached hydrogen (secondary N) is 1. The van der Waals surface area contributed by atoms with Gasteiger partial charge >= 0.3 is 0 Å². The fraction of sp³-hybridized carbons (Fsp3) is 0. The molecule has 0 radical (unpaired) electrons. The van der Waals surface area contributed by atoms with E-state index in [1.807, 2.05) is 12.1 Å². The molecule has 0 atom stereocenters. The van der Waals surface area contributed by atoms with Crippen LogP contribution >= 0.6 is 22.6 Å². The number of rotatable bonds is 0. The standard InChI is InChI=1S/C8H5IN2O/c9-5-1-2-6-7(3-5)10-4-11-8(6)12/h1-4H,(H,10,11,12). The van der Waals surface area contributed by atoms with Crippen molar-refractivity contribution in [2.45, 2.75) is 0 Å². The smallest absolute Gasteiger partial charge is 0.258 e. The molecule has 2 rings (SSSR count). The Kier molecular flexibility index (Phi) is 1.84. The molecule has 0 unspecified atom stereocenters. The molecule has 0 aliphatic carbocycles.